The number of ketones is 1. The van der Waals surface area contributed by atoms with E-state index in [-0.39, 0.29) is 11.3 Å². The number of carbonyl (C=O) groups excluding carboxylic acids is 1. The molecule has 2 heterocycles. The number of carboxylic acid groups (broad SMARTS) is 1. The molecule has 2 aromatic rings. The Morgan fingerprint density at radius 3 is 2.66 bits per heavy atom. The molecule has 0 spiro atoms. The fraction of sp³-hybridized carbons (Fsp3) is 0.375. The van der Waals surface area contributed by atoms with E-state index in [0.29, 0.717) is 30.8 Å². The highest BCUT2D eigenvalue weighted by atomic mass is 32.1. The molecule has 0 radical (unpaired) electrons. The van der Waals surface area contributed by atoms with Crippen LogP contribution in [0.1, 0.15) is 65.9 Å². The number of carbonyl (C=O) groups is 2. The Morgan fingerprint density at radius 2 is 2.00 bits per heavy atom. The molecule has 0 atom stereocenters. The van der Waals surface area contributed by atoms with Crippen molar-refractivity contribution in [2.24, 2.45) is 5.92 Å². The highest BCUT2D eigenvalue weighted by Gasteiger charge is 2.20. The summed E-state index contributed by atoms with van der Waals surface area (Å²) in [5, 5.41) is 20.9. The molecule has 0 bridgehead atoms. The second-order valence-corrected chi connectivity index (χ2v) is 9.10. The molecule has 0 saturated heterocycles. The fourth-order valence-corrected chi connectivity index (χ4v) is 4.01. The SMILES string of the molecule is CC(=Cc1ccc(CCC(C)C)s1)C(=O)c1c(O)cc(CCCC=CNC(=O)O)oc1=O. The molecule has 172 valence electrons. The van der Waals surface area contributed by atoms with Crippen LogP contribution in [0.3, 0.4) is 0 Å². The highest BCUT2D eigenvalue weighted by molar-refractivity contribution is 7.12. The number of aryl methyl sites for hydroxylation is 2. The third kappa shape index (κ3) is 7.85. The third-order valence-corrected chi connectivity index (χ3v) is 5.79. The van der Waals surface area contributed by atoms with Crippen LogP contribution in [0.4, 0.5) is 4.79 Å². The average molecular weight is 460 g/mol. The molecule has 0 unspecified atom stereocenters. The Hall–Kier alpha value is -3.13. The Labute approximate surface area is 191 Å². The Balaban J connectivity index is 2.05. The summed E-state index contributed by atoms with van der Waals surface area (Å²) in [5.41, 5.74) is -0.900. The number of Topliss-reactive ketones (excluding diaryl/α,β-unsaturated/α-hetero) is 1. The van der Waals surface area contributed by atoms with Gasteiger partial charge in [0.25, 0.3) is 0 Å². The number of hydrogen-bond acceptors (Lipinski definition) is 6. The standard InChI is InChI=1S/C24H29NO6S/c1-15(2)8-9-18-10-11-19(32-18)13-16(3)22(27)21-20(26)14-17(31-23(21)28)7-5-4-6-12-25-24(29)30/h6,10-15,25-26H,4-5,7-9H2,1-3H3,(H,29,30). The van der Waals surface area contributed by atoms with Crippen LogP contribution in [-0.4, -0.2) is 22.1 Å². The van der Waals surface area contributed by atoms with Gasteiger partial charge in [-0.3, -0.25) is 10.1 Å². The lowest BCUT2D eigenvalue weighted by Gasteiger charge is -2.05. The maximum Gasteiger partial charge on any atom is 0.408 e. The lowest BCUT2D eigenvalue weighted by atomic mass is 10.0. The van der Waals surface area contributed by atoms with Crippen LogP contribution < -0.4 is 10.9 Å². The van der Waals surface area contributed by atoms with E-state index in [9.17, 15) is 19.5 Å². The van der Waals surface area contributed by atoms with Crippen molar-refractivity contribution in [1.29, 1.82) is 0 Å². The average Bonchev–Trinajstić information content (AvgIpc) is 3.15. The monoisotopic (exact) mass is 459 g/mol. The van der Waals surface area contributed by atoms with Crippen molar-refractivity contribution in [1.82, 2.24) is 5.32 Å². The van der Waals surface area contributed by atoms with Gasteiger partial charge in [0.15, 0.2) is 5.78 Å². The third-order valence-electron chi connectivity index (χ3n) is 4.69. The second kappa shape index (κ2) is 12.0. The summed E-state index contributed by atoms with van der Waals surface area (Å²) in [6.07, 6.45) is 7.09. The molecule has 2 aromatic heterocycles. The van der Waals surface area contributed by atoms with E-state index < -0.39 is 23.3 Å². The minimum atomic E-state index is -1.15. The van der Waals surface area contributed by atoms with Crippen molar-refractivity contribution in [2.75, 3.05) is 0 Å². The van der Waals surface area contributed by atoms with Crippen LogP contribution in [-0.2, 0) is 12.8 Å². The fourth-order valence-electron chi connectivity index (χ4n) is 2.98. The summed E-state index contributed by atoms with van der Waals surface area (Å²) in [5.74, 6) is -0.0863. The van der Waals surface area contributed by atoms with Gasteiger partial charge < -0.3 is 14.6 Å². The first kappa shape index (κ1) is 25.1. The van der Waals surface area contributed by atoms with E-state index in [2.05, 4.69) is 19.2 Å². The molecule has 8 heteroatoms. The zero-order valence-corrected chi connectivity index (χ0v) is 19.3. The number of amides is 1. The number of aromatic hydroxyl groups is 1. The zero-order chi connectivity index (χ0) is 23.7. The Kier molecular flexibility index (Phi) is 9.46. The molecule has 7 nitrogen and oxygen atoms in total. The van der Waals surface area contributed by atoms with Crippen molar-refractivity contribution in [2.45, 2.75) is 52.9 Å². The molecule has 1 amide bonds. The summed E-state index contributed by atoms with van der Waals surface area (Å²) >= 11 is 1.61. The van der Waals surface area contributed by atoms with Gasteiger partial charge in [-0.05, 0) is 62.3 Å². The van der Waals surface area contributed by atoms with E-state index in [1.807, 2.05) is 12.1 Å². The van der Waals surface area contributed by atoms with Gasteiger partial charge in [0.1, 0.15) is 17.1 Å². The molecular formula is C24H29NO6S. The number of rotatable bonds is 11. The Morgan fingerprint density at radius 1 is 1.25 bits per heavy atom. The predicted octanol–water partition coefficient (Wildman–Crippen LogP) is 5.39. The van der Waals surface area contributed by atoms with Crippen LogP contribution in [0.15, 0.2) is 45.3 Å². The molecular weight excluding hydrogens is 430 g/mol. The molecule has 0 aliphatic carbocycles. The number of unbranched alkanes of at least 4 members (excludes halogenated alkanes) is 1. The van der Waals surface area contributed by atoms with Crippen molar-refractivity contribution >= 4 is 29.3 Å². The van der Waals surface area contributed by atoms with E-state index in [4.69, 9.17) is 9.52 Å². The summed E-state index contributed by atoms with van der Waals surface area (Å²) in [6.45, 7) is 5.97. The molecule has 0 fully saturated rings. The van der Waals surface area contributed by atoms with E-state index in [1.54, 1.807) is 30.4 Å². The lowest BCUT2D eigenvalue weighted by Crippen LogP contribution is -2.16. The van der Waals surface area contributed by atoms with Crippen molar-refractivity contribution in [3.63, 3.8) is 0 Å². The number of hydrogen-bond donors (Lipinski definition) is 3. The van der Waals surface area contributed by atoms with Crippen molar-refractivity contribution in [3.05, 3.63) is 67.5 Å². The first-order chi connectivity index (χ1) is 15.2. The second-order valence-electron chi connectivity index (χ2n) is 7.90. The van der Waals surface area contributed by atoms with Gasteiger partial charge >= 0.3 is 11.7 Å². The maximum absolute atomic E-state index is 12.8. The van der Waals surface area contributed by atoms with Gasteiger partial charge in [0.05, 0.1) is 0 Å². The smallest absolute Gasteiger partial charge is 0.408 e. The number of thiophene rings is 1. The maximum atomic E-state index is 12.8. The molecule has 0 aliphatic heterocycles. The van der Waals surface area contributed by atoms with Gasteiger partial charge in [-0.25, -0.2) is 9.59 Å². The van der Waals surface area contributed by atoms with Crippen LogP contribution >= 0.6 is 11.3 Å². The van der Waals surface area contributed by atoms with Gasteiger partial charge in [-0.15, -0.1) is 11.3 Å². The van der Waals surface area contributed by atoms with Crippen molar-refractivity contribution in [3.8, 4) is 5.75 Å². The largest absolute Gasteiger partial charge is 0.507 e. The van der Waals surface area contributed by atoms with Crippen LogP contribution in [0, 0.1) is 5.92 Å². The minimum Gasteiger partial charge on any atom is -0.507 e. The topological polar surface area (TPSA) is 117 Å². The molecule has 0 saturated carbocycles. The molecule has 32 heavy (non-hydrogen) atoms. The Bertz CT molecular complexity index is 1060. The molecule has 3 N–H and O–H groups in total. The summed E-state index contributed by atoms with van der Waals surface area (Å²) < 4.78 is 5.22. The van der Waals surface area contributed by atoms with Crippen LogP contribution in [0.2, 0.25) is 0 Å². The van der Waals surface area contributed by atoms with Crippen LogP contribution in [0.25, 0.3) is 6.08 Å². The summed E-state index contributed by atoms with van der Waals surface area (Å²) in [6, 6.07) is 5.28. The first-order valence-corrected chi connectivity index (χ1v) is 11.3. The highest BCUT2D eigenvalue weighted by Crippen LogP contribution is 2.24. The van der Waals surface area contributed by atoms with Gasteiger partial charge in [-0.2, -0.15) is 0 Å². The van der Waals surface area contributed by atoms with Gasteiger partial charge in [0, 0.05) is 28.4 Å². The van der Waals surface area contributed by atoms with Gasteiger partial charge in [-0.1, -0.05) is 19.9 Å². The van der Waals surface area contributed by atoms with E-state index in [1.165, 1.54) is 17.1 Å². The number of nitrogens with one attached hydrogen (secondary N) is 1. The molecule has 0 aliphatic rings. The molecule has 0 aromatic carbocycles. The van der Waals surface area contributed by atoms with E-state index >= 15 is 0 Å². The lowest BCUT2D eigenvalue weighted by molar-refractivity contribution is 0.102. The van der Waals surface area contributed by atoms with Crippen LogP contribution in [0.5, 0.6) is 5.75 Å². The van der Waals surface area contributed by atoms with Crippen molar-refractivity contribution < 1.29 is 24.2 Å². The van der Waals surface area contributed by atoms with Gasteiger partial charge in [0.2, 0.25) is 0 Å². The number of allylic oxidation sites excluding steroid dienone is 2. The summed E-state index contributed by atoms with van der Waals surface area (Å²) in [4.78, 5) is 37.6. The minimum absolute atomic E-state index is 0.262. The normalized spacial score (nSPS) is 11.9. The first-order valence-electron chi connectivity index (χ1n) is 10.5. The van der Waals surface area contributed by atoms with E-state index in [0.717, 1.165) is 17.7 Å². The predicted molar refractivity (Wildman–Crippen MR) is 125 cm³/mol. The zero-order valence-electron chi connectivity index (χ0n) is 18.5. The summed E-state index contributed by atoms with van der Waals surface area (Å²) in [7, 11) is 0. The quantitative estimate of drug-likeness (QED) is 0.236. The molecule has 2 rings (SSSR count).